The van der Waals surface area contributed by atoms with Crippen LogP contribution in [0.5, 0.6) is 0 Å². The van der Waals surface area contributed by atoms with Gasteiger partial charge in [0, 0.05) is 37.6 Å². The van der Waals surface area contributed by atoms with Gasteiger partial charge in [-0.2, -0.15) is 0 Å². The fourth-order valence-corrected chi connectivity index (χ4v) is 2.67. The zero-order valence-electron chi connectivity index (χ0n) is 13.6. The van der Waals surface area contributed by atoms with Crippen molar-refractivity contribution in [3.63, 3.8) is 0 Å². The minimum Gasteiger partial charge on any atom is -0.355 e. The molecule has 1 aromatic carbocycles. The number of aliphatic imine (C=N–C) groups is 1. The molecule has 0 unspecified atom stereocenters. The quantitative estimate of drug-likeness (QED) is 0.356. The molecular weight excluding hydrogens is 490 g/mol. The number of hydrogen-bond donors (Lipinski definition) is 2. The molecule has 132 valence electrons. The highest BCUT2D eigenvalue weighted by atomic mass is 127. The van der Waals surface area contributed by atoms with Crippen molar-refractivity contribution in [3.05, 3.63) is 46.2 Å². The second kappa shape index (κ2) is 10.6. The SMILES string of the molecule is CCc1nncn1CCNC(=NC)NCc1cc(F)cc(Br)c1.I. The first-order valence-corrected chi connectivity index (χ1v) is 8.17. The van der Waals surface area contributed by atoms with Crippen LogP contribution in [-0.4, -0.2) is 34.3 Å². The molecule has 24 heavy (non-hydrogen) atoms. The van der Waals surface area contributed by atoms with Crippen LogP contribution >= 0.6 is 39.9 Å². The van der Waals surface area contributed by atoms with Crippen LogP contribution in [0.4, 0.5) is 4.39 Å². The second-order valence-electron chi connectivity index (χ2n) is 4.92. The van der Waals surface area contributed by atoms with E-state index in [1.807, 2.05) is 17.6 Å². The summed E-state index contributed by atoms with van der Waals surface area (Å²) in [6.07, 6.45) is 2.57. The fourth-order valence-electron chi connectivity index (χ4n) is 2.15. The molecular formula is C15H21BrFIN6. The van der Waals surface area contributed by atoms with Crippen LogP contribution in [0.15, 0.2) is 34.0 Å². The van der Waals surface area contributed by atoms with Crippen molar-refractivity contribution in [3.8, 4) is 0 Å². The summed E-state index contributed by atoms with van der Waals surface area (Å²) < 4.78 is 16.1. The topological polar surface area (TPSA) is 67.1 Å². The summed E-state index contributed by atoms with van der Waals surface area (Å²) in [5.41, 5.74) is 0.840. The largest absolute Gasteiger partial charge is 0.355 e. The number of halogens is 3. The van der Waals surface area contributed by atoms with Crippen molar-refractivity contribution >= 4 is 45.9 Å². The van der Waals surface area contributed by atoms with Crippen LogP contribution < -0.4 is 10.6 Å². The summed E-state index contributed by atoms with van der Waals surface area (Å²) >= 11 is 3.29. The maximum atomic E-state index is 13.3. The number of rotatable bonds is 6. The normalized spacial score (nSPS) is 11.1. The molecule has 0 saturated carbocycles. The molecule has 0 amide bonds. The Morgan fingerprint density at radius 1 is 1.33 bits per heavy atom. The average Bonchev–Trinajstić information content (AvgIpc) is 2.97. The van der Waals surface area contributed by atoms with E-state index in [2.05, 4.69) is 41.8 Å². The molecule has 1 aromatic heterocycles. The van der Waals surface area contributed by atoms with Gasteiger partial charge in [-0.05, 0) is 23.8 Å². The summed E-state index contributed by atoms with van der Waals surface area (Å²) in [5.74, 6) is 1.36. The standard InChI is InChI=1S/C15H20BrFN6.HI/c1-3-14-22-21-10-23(14)5-4-19-15(18-2)20-9-11-6-12(16)8-13(17)7-11;/h6-8,10H,3-5,9H2,1-2H3,(H2,18,19,20);1H. The Bertz CT molecular complexity index is 655. The molecule has 0 aliphatic heterocycles. The van der Waals surface area contributed by atoms with Gasteiger partial charge in [0.1, 0.15) is 18.0 Å². The number of nitrogens with one attached hydrogen (secondary N) is 2. The zero-order valence-corrected chi connectivity index (χ0v) is 17.5. The number of benzene rings is 1. The summed E-state index contributed by atoms with van der Waals surface area (Å²) in [5, 5.41) is 14.3. The summed E-state index contributed by atoms with van der Waals surface area (Å²) in [6, 6.07) is 4.80. The van der Waals surface area contributed by atoms with Crippen molar-refractivity contribution in [1.29, 1.82) is 0 Å². The van der Waals surface area contributed by atoms with Gasteiger partial charge in [-0.1, -0.05) is 22.9 Å². The summed E-state index contributed by atoms with van der Waals surface area (Å²) in [7, 11) is 1.70. The Kier molecular flexibility index (Phi) is 9.19. The highest BCUT2D eigenvalue weighted by Gasteiger charge is 2.03. The summed E-state index contributed by atoms with van der Waals surface area (Å²) in [4.78, 5) is 4.16. The first kappa shape index (κ1) is 20.8. The lowest BCUT2D eigenvalue weighted by molar-refractivity contribution is 0.621. The monoisotopic (exact) mass is 510 g/mol. The molecule has 0 aliphatic rings. The van der Waals surface area contributed by atoms with Crippen molar-refractivity contribution in [2.75, 3.05) is 13.6 Å². The molecule has 0 aliphatic carbocycles. The molecule has 1 heterocycles. The lowest BCUT2D eigenvalue weighted by Gasteiger charge is -2.13. The Balaban J connectivity index is 0.00000288. The lowest BCUT2D eigenvalue weighted by atomic mass is 10.2. The Labute approximate surface area is 166 Å². The van der Waals surface area contributed by atoms with Gasteiger partial charge < -0.3 is 15.2 Å². The minimum absolute atomic E-state index is 0. The van der Waals surface area contributed by atoms with Gasteiger partial charge in [0.2, 0.25) is 0 Å². The molecule has 0 spiro atoms. The molecule has 0 saturated heterocycles. The maximum absolute atomic E-state index is 13.3. The van der Waals surface area contributed by atoms with Gasteiger partial charge in [0.05, 0.1) is 0 Å². The van der Waals surface area contributed by atoms with Crippen LogP contribution in [0.1, 0.15) is 18.3 Å². The van der Waals surface area contributed by atoms with Crippen LogP contribution in [0, 0.1) is 5.82 Å². The summed E-state index contributed by atoms with van der Waals surface area (Å²) in [6.45, 7) is 3.98. The number of nitrogens with zero attached hydrogens (tertiary/aromatic N) is 4. The molecule has 0 atom stereocenters. The first-order chi connectivity index (χ1) is 11.1. The highest BCUT2D eigenvalue weighted by Crippen LogP contribution is 2.14. The number of guanidine groups is 1. The van der Waals surface area contributed by atoms with E-state index in [9.17, 15) is 4.39 Å². The van der Waals surface area contributed by atoms with Gasteiger partial charge in [0.25, 0.3) is 0 Å². The van der Waals surface area contributed by atoms with E-state index in [4.69, 9.17) is 0 Å². The molecule has 6 nitrogen and oxygen atoms in total. The van der Waals surface area contributed by atoms with Gasteiger partial charge in [-0.25, -0.2) is 4.39 Å². The van der Waals surface area contributed by atoms with Gasteiger partial charge in [0.15, 0.2) is 5.96 Å². The smallest absolute Gasteiger partial charge is 0.191 e. The maximum Gasteiger partial charge on any atom is 0.191 e. The van der Waals surface area contributed by atoms with E-state index >= 15 is 0 Å². The van der Waals surface area contributed by atoms with Crippen LogP contribution in [0.3, 0.4) is 0 Å². The average molecular weight is 511 g/mol. The van der Waals surface area contributed by atoms with E-state index in [1.54, 1.807) is 13.4 Å². The molecule has 0 fully saturated rings. The lowest BCUT2D eigenvalue weighted by Crippen LogP contribution is -2.38. The van der Waals surface area contributed by atoms with Crippen LogP contribution in [0.25, 0.3) is 0 Å². The van der Waals surface area contributed by atoms with E-state index in [-0.39, 0.29) is 29.8 Å². The third-order valence-corrected chi connectivity index (χ3v) is 3.72. The third kappa shape index (κ3) is 6.34. The zero-order chi connectivity index (χ0) is 16.7. The second-order valence-corrected chi connectivity index (χ2v) is 5.84. The van der Waals surface area contributed by atoms with Crippen molar-refractivity contribution in [2.45, 2.75) is 26.4 Å². The number of aromatic nitrogens is 3. The number of aryl methyl sites for hydroxylation is 1. The van der Waals surface area contributed by atoms with E-state index < -0.39 is 0 Å². The van der Waals surface area contributed by atoms with Gasteiger partial charge >= 0.3 is 0 Å². The Morgan fingerprint density at radius 3 is 2.79 bits per heavy atom. The fraction of sp³-hybridized carbons (Fsp3) is 0.400. The molecule has 2 rings (SSSR count). The molecule has 0 radical (unpaired) electrons. The first-order valence-electron chi connectivity index (χ1n) is 7.38. The molecule has 0 bridgehead atoms. The number of hydrogen-bond acceptors (Lipinski definition) is 3. The van der Waals surface area contributed by atoms with E-state index in [1.165, 1.54) is 12.1 Å². The molecule has 2 aromatic rings. The van der Waals surface area contributed by atoms with Gasteiger partial charge in [-0.15, -0.1) is 34.2 Å². The molecule has 9 heteroatoms. The van der Waals surface area contributed by atoms with Crippen LogP contribution in [-0.2, 0) is 19.5 Å². The predicted octanol–water partition coefficient (Wildman–Crippen LogP) is 2.73. The van der Waals surface area contributed by atoms with E-state index in [0.717, 1.165) is 28.8 Å². The Morgan fingerprint density at radius 2 is 2.12 bits per heavy atom. The third-order valence-electron chi connectivity index (χ3n) is 3.26. The van der Waals surface area contributed by atoms with Gasteiger partial charge in [-0.3, -0.25) is 4.99 Å². The Hall–Kier alpha value is -1.23. The van der Waals surface area contributed by atoms with Crippen molar-refractivity contribution < 1.29 is 4.39 Å². The minimum atomic E-state index is -0.265. The van der Waals surface area contributed by atoms with Crippen LogP contribution in [0.2, 0.25) is 0 Å². The van der Waals surface area contributed by atoms with E-state index in [0.29, 0.717) is 19.0 Å². The van der Waals surface area contributed by atoms with Crippen molar-refractivity contribution in [2.24, 2.45) is 4.99 Å². The van der Waals surface area contributed by atoms with Crippen molar-refractivity contribution in [1.82, 2.24) is 25.4 Å². The predicted molar refractivity (Wildman–Crippen MR) is 107 cm³/mol. The highest BCUT2D eigenvalue weighted by molar-refractivity contribution is 14.0. The molecule has 2 N–H and O–H groups in total.